The van der Waals surface area contributed by atoms with Gasteiger partial charge in [0.1, 0.15) is 5.60 Å². The number of rotatable bonds is 1. The lowest BCUT2D eigenvalue weighted by molar-refractivity contribution is -0.137. The first-order chi connectivity index (χ1) is 11.0. The number of nitrogens with zero attached hydrogens (tertiary/aromatic N) is 2. The topological polar surface area (TPSA) is 58.8 Å². The van der Waals surface area contributed by atoms with Gasteiger partial charge in [0, 0.05) is 37.6 Å². The number of carbonyl (C=O) groups excluding carboxylic acids is 1. The number of benzene rings is 1. The van der Waals surface area contributed by atoms with E-state index in [9.17, 15) is 18.0 Å². The summed E-state index contributed by atoms with van der Waals surface area (Å²) in [5.74, 6) is 0. The van der Waals surface area contributed by atoms with Gasteiger partial charge < -0.3 is 20.3 Å². The van der Waals surface area contributed by atoms with Crippen molar-refractivity contribution in [3.8, 4) is 0 Å². The molecule has 0 unspecified atom stereocenters. The van der Waals surface area contributed by atoms with Crippen LogP contribution < -0.4 is 10.6 Å². The van der Waals surface area contributed by atoms with Crippen molar-refractivity contribution in [1.82, 2.24) is 4.90 Å². The summed E-state index contributed by atoms with van der Waals surface area (Å²) in [5.41, 5.74) is 4.72. The molecule has 0 aliphatic carbocycles. The molecule has 0 spiro atoms. The average molecular weight is 345 g/mol. The number of amides is 1. The van der Waals surface area contributed by atoms with Crippen LogP contribution in [0.25, 0.3) is 0 Å². The second-order valence-electron chi connectivity index (χ2n) is 6.77. The van der Waals surface area contributed by atoms with Crippen molar-refractivity contribution < 1.29 is 22.7 Å². The predicted molar refractivity (Wildman–Crippen MR) is 85.9 cm³/mol. The molecule has 1 amide bonds. The van der Waals surface area contributed by atoms with Gasteiger partial charge in [0.25, 0.3) is 0 Å². The Hall–Kier alpha value is -2.12. The second-order valence-corrected chi connectivity index (χ2v) is 6.77. The summed E-state index contributed by atoms with van der Waals surface area (Å²) < 4.78 is 44.0. The van der Waals surface area contributed by atoms with Crippen LogP contribution in [0.4, 0.5) is 29.3 Å². The minimum atomic E-state index is -4.44. The Labute approximate surface area is 139 Å². The highest BCUT2D eigenvalue weighted by Crippen LogP contribution is 2.34. The smallest absolute Gasteiger partial charge is 0.416 e. The Morgan fingerprint density at radius 3 is 2.17 bits per heavy atom. The lowest BCUT2D eigenvalue weighted by Crippen LogP contribution is -2.50. The maximum Gasteiger partial charge on any atom is 0.416 e. The molecular weight excluding hydrogens is 323 g/mol. The monoisotopic (exact) mass is 345 g/mol. The molecule has 0 saturated carbocycles. The molecule has 0 aromatic heterocycles. The van der Waals surface area contributed by atoms with E-state index in [2.05, 4.69) is 0 Å². The van der Waals surface area contributed by atoms with E-state index in [1.807, 2.05) is 0 Å². The molecule has 2 N–H and O–H groups in total. The summed E-state index contributed by atoms with van der Waals surface area (Å²) in [6, 6.07) is 3.51. The van der Waals surface area contributed by atoms with Crippen LogP contribution in [-0.4, -0.2) is 42.8 Å². The molecule has 1 aromatic rings. The molecule has 1 aliphatic heterocycles. The number of nitrogen functional groups attached to an aromatic ring is 1. The van der Waals surface area contributed by atoms with E-state index in [4.69, 9.17) is 10.5 Å². The summed E-state index contributed by atoms with van der Waals surface area (Å²) >= 11 is 0. The van der Waals surface area contributed by atoms with Crippen LogP contribution in [0.2, 0.25) is 0 Å². The lowest BCUT2D eigenvalue weighted by atomic mass is 10.1. The van der Waals surface area contributed by atoms with E-state index in [0.717, 1.165) is 12.1 Å². The number of hydrogen-bond donors (Lipinski definition) is 1. The fourth-order valence-corrected chi connectivity index (χ4v) is 2.45. The first kappa shape index (κ1) is 18.2. The largest absolute Gasteiger partial charge is 0.444 e. The molecule has 1 aromatic carbocycles. The minimum Gasteiger partial charge on any atom is -0.444 e. The third kappa shape index (κ3) is 4.69. The third-order valence-corrected chi connectivity index (χ3v) is 3.56. The van der Waals surface area contributed by atoms with Gasteiger partial charge in [0.05, 0.1) is 5.56 Å². The molecule has 134 valence electrons. The number of piperazine rings is 1. The van der Waals surface area contributed by atoms with Crippen molar-refractivity contribution >= 4 is 17.5 Å². The van der Waals surface area contributed by atoms with Crippen LogP contribution in [0, 0.1) is 0 Å². The molecule has 1 saturated heterocycles. The summed E-state index contributed by atoms with van der Waals surface area (Å²) in [5, 5.41) is 0. The summed E-state index contributed by atoms with van der Waals surface area (Å²) in [6.07, 6.45) is -4.85. The van der Waals surface area contributed by atoms with Gasteiger partial charge in [-0.15, -0.1) is 0 Å². The van der Waals surface area contributed by atoms with Crippen LogP contribution in [0.15, 0.2) is 18.2 Å². The first-order valence-electron chi connectivity index (χ1n) is 7.66. The summed E-state index contributed by atoms with van der Waals surface area (Å²) in [4.78, 5) is 15.4. The van der Waals surface area contributed by atoms with Crippen LogP contribution in [-0.2, 0) is 10.9 Å². The maximum atomic E-state index is 12.9. The highest BCUT2D eigenvalue weighted by molar-refractivity contribution is 5.69. The van der Waals surface area contributed by atoms with Gasteiger partial charge in [-0.25, -0.2) is 4.79 Å². The molecule has 5 nitrogen and oxygen atoms in total. The number of ether oxygens (including phenoxy) is 1. The number of anilines is 2. The van der Waals surface area contributed by atoms with Crippen molar-refractivity contribution in [3.63, 3.8) is 0 Å². The van der Waals surface area contributed by atoms with E-state index >= 15 is 0 Å². The Bertz CT molecular complexity index is 604. The van der Waals surface area contributed by atoms with Crippen LogP contribution in [0.1, 0.15) is 26.3 Å². The predicted octanol–water partition coefficient (Wildman–Crippen LogP) is 3.34. The Balaban J connectivity index is 2.05. The first-order valence-corrected chi connectivity index (χ1v) is 7.66. The van der Waals surface area contributed by atoms with Crippen LogP contribution in [0.5, 0.6) is 0 Å². The van der Waals surface area contributed by atoms with Gasteiger partial charge in [-0.05, 0) is 39.0 Å². The van der Waals surface area contributed by atoms with E-state index in [0.29, 0.717) is 31.9 Å². The summed E-state index contributed by atoms with van der Waals surface area (Å²) in [7, 11) is 0. The minimum absolute atomic E-state index is 0.0643. The third-order valence-electron chi connectivity index (χ3n) is 3.56. The molecule has 2 rings (SSSR count). The highest BCUT2D eigenvalue weighted by atomic mass is 19.4. The fourth-order valence-electron chi connectivity index (χ4n) is 2.45. The quantitative estimate of drug-likeness (QED) is 0.793. The zero-order valence-corrected chi connectivity index (χ0v) is 14.0. The molecule has 1 heterocycles. The molecule has 0 radical (unpaired) electrons. The Morgan fingerprint density at radius 2 is 1.67 bits per heavy atom. The molecule has 8 heteroatoms. The zero-order valence-electron chi connectivity index (χ0n) is 14.0. The van der Waals surface area contributed by atoms with Crippen molar-refractivity contribution in [3.05, 3.63) is 23.8 Å². The Kier molecular flexibility index (Phi) is 4.87. The molecule has 0 atom stereocenters. The van der Waals surface area contributed by atoms with E-state index < -0.39 is 23.4 Å². The zero-order chi connectivity index (χ0) is 18.1. The lowest BCUT2D eigenvalue weighted by Gasteiger charge is -2.37. The fraction of sp³-hybridized carbons (Fsp3) is 0.562. The van der Waals surface area contributed by atoms with Crippen molar-refractivity contribution in [2.45, 2.75) is 32.5 Å². The van der Waals surface area contributed by atoms with E-state index in [1.165, 1.54) is 6.07 Å². The van der Waals surface area contributed by atoms with Crippen LogP contribution >= 0.6 is 0 Å². The number of nitrogens with two attached hydrogens (primary N) is 1. The van der Waals surface area contributed by atoms with Gasteiger partial charge >= 0.3 is 12.3 Å². The number of hydrogen-bond acceptors (Lipinski definition) is 4. The average Bonchev–Trinajstić information content (AvgIpc) is 2.44. The highest BCUT2D eigenvalue weighted by Gasteiger charge is 2.32. The maximum absolute atomic E-state index is 12.9. The number of carbonyl (C=O) groups is 1. The van der Waals surface area contributed by atoms with Crippen molar-refractivity contribution in [2.24, 2.45) is 0 Å². The van der Waals surface area contributed by atoms with Gasteiger partial charge in [-0.2, -0.15) is 13.2 Å². The number of alkyl halides is 3. The van der Waals surface area contributed by atoms with Gasteiger partial charge in [0.2, 0.25) is 0 Å². The van der Waals surface area contributed by atoms with E-state index in [1.54, 1.807) is 30.6 Å². The molecule has 24 heavy (non-hydrogen) atoms. The number of halogens is 3. The van der Waals surface area contributed by atoms with Crippen molar-refractivity contribution in [1.29, 1.82) is 0 Å². The van der Waals surface area contributed by atoms with Gasteiger partial charge in [-0.3, -0.25) is 0 Å². The molecular formula is C16H22F3N3O2. The second kappa shape index (κ2) is 6.41. The van der Waals surface area contributed by atoms with Gasteiger partial charge in [0.15, 0.2) is 0 Å². The van der Waals surface area contributed by atoms with Crippen LogP contribution in [0.3, 0.4) is 0 Å². The van der Waals surface area contributed by atoms with E-state index in [-0.39, 0.29) is 5.69 Å². The summed E-state index contributed by atoms with van der Waals surface area (Å²) in [6.45, 7) is 6.95. The standard InChI is InChI=1S/C16H22F3N3O2/c1-15(2,3)24-14(23)22-6-4-21(5-7-22)13-9-11(16(17,18)19)8-12(20)10-13/h8-10H,4-7,20H2,1-3H3. The SMILES string of the molecule is CC(C)(C)OC(=O)N1CCN(c2cc(N)cc(C(F)(F)F)c2)CC1. The Morgan fingerprint density at radius 1 is 1.08 bits per heavy atom. The molecule has 0 bridgehead atoms. The normalized spacial score (nSPS) is 16.2. The van der Waals surface area contributed by atoms with Gasteiger partial charge in [-0.1, -0.05) is 0 Å². The molecule has 1 fully saturated rings. The molecule has 1 aliphatic rings. The van der Waals surface area contributed by atoms with Crippen molar-refractivity contribution in [2.75, 3.05) is 36.8 Å².